The molecule has 0 fully saturated rings. The molecule has 0 bridgehead atoms. The van der Waals surface area contributed by atoms with E-state index in [1.54, 1.807) is 60.8 Å². The minimum atomic E-state index is -3.82. The number of rotatable bonds is 4. The monoisotopic (exact) mass is 368 g/mol. The van der Waals surface area contributed by atoms with Gasteiger partial charge in [-0.25, -0.2) is 13.6 Å². The van der Waals surface area contributed by atoms with E-state index in [-0.39, 0.29) is 10.9 Å². The summed E-state index contributed by atoms with van der Waals surface area (Å²) < 4.78 is 28.5. The van der Waals surface area contributed by atoms with Gasteiger partial charge in [0.15, 0.2) is 0 Å². The first kappa shape index (κ1) is 17.8. The lowest BCUT2D eigenvalue weighted by molar-refractivity contribution is -0.131. The zero-order chi connectivity index (χ0) is 18.7. The first-order chi connectivity index (χ1) is 12.3. The number of benzene rings is 3. The second kappa shape index (κ2) is 7.07. The van der Waals surface area contributed by atoms with Gasteiger partial charge < -0.3 is 4.74 Å². The van der Waals surface area contributed by atoms with E-state index in [0.717, 1.165) is 5.56 Å². The highest BCUT2D eigenvalue weighted by atomic mass is 32.2. The molecule has 2 N–H and O–H groups in total. The van der Waals surface area contributed by atoms with Crippen molar-refractivity contribution in [1.29, 1.82) is 0 Å². The molecule has 3 aromatic carbocycles. The molecule has 0 aliphatic carbocycles. The highest BCUT2D eigenvalue weighted by Crippen LogP contribution is 2.30. The first-order valence-electron chi connectivity index (χ1n) is 7.72. The number of nitrogens with two attached hydrogens (primary N) is 1. The van der Waals surface area contributed by atoms with E-state index in [2.05, 4.69) is 4.99 Å². The molecule has 7 heteroatoms. The SMILES string of the molecule is CC(=O)Oc1ccc(C=Nc2cccc3c(S(N)(=O)=O)cccc23)cc1. The van der Waals surface area contributed by atoms with Gasteiger partial charge in [0.1, 0.15) is 5.75 Å². The second-order valence-corrected chi connectivity index (χ2v) is 7.12. The molecule has 3 aromatic rings. The summed E-state index contributed by atoms with van der Waals surface area (Å²) in [5, 5.41) is 6.49. The average molecular weight is 368 g/mol. The number of nitrogens with zero attached hydrogens (tertiary/aromatic N) is 1. The molecule has 0 radical (unpaired) electrons. The highest BCUT2D eigenvalue weighted by Gasteiger charge is 2.13. The van der Waals surface area contributed by atoms with Crippen molar-refractivity contribution in [3.05, 3.63) is 66.2 Å². The predicted molar refractivity (Wildman–Crippen MR) is 100 cm³/mol. The summed E-state index contributed by atoms with van der Waals surface area (Å²) in [5.41, 5.74) is 1.43. The number of aliphatic imine (C=N–C) groups is 1. The third-order valence-corrected chi connectivity index (χ3v) is 4.63. The third-order valence-electron chi connectivity index (χ3n) is 3.66. The normalized spacial score (nSPS) is 11.8. The summed E-state index contributed by atoms with van der Waals surface area (Å²) in [6, 6.07) is 17.0. The molecule has 6 nitrogen and oxygen atoms in total. The van der Waals surface area contributed by atoms with Crippen molar-refractivity contribution in [3.8, 4) is 5.75 Å². The molecule has 0 spiro atoms. The molecule has 0 saturated carbocycles. The van der Waals surface area contributed by atoms with Crippen LogP contribution in [0.1, 0.15) is 12.5 Å². The number of fused-ring (bicyclic) bond motifs is 1. The maximum absolute atomic E-state index is 11.7. The fraction of sp³-hybridized carbons (Fsp3) is 0.0526. The average Bonchev–Trinajstić information content (AvgIpc) is 2.59. The molecule has 0 unspecified atom stereocenters. The molecular weight excluding hydrogens is 352 g/mol. The predicted octanol–water partition coefficient (Wildman–Crippen LogP) is 3.16. The topological polar surface area (TPSA) is 98.8 Å². The van der Waals surface area contributed by atoms with Gasteiger partial charge in [0.05, 0.1) is 10.6 Å². The Hall–Kier alpha value is -3.03. The van der Waals surface area contributed by atoms with Gasteiger partial charge in [-0.3, -0.25) is 9.79 Å². The Morgan fingerprint density at radius 2 is 1.65 bits per heavy atom. The maximum Gasteiger partial charge on any atom is 0.308 e. The molecule has 0 amide bonds. The number of hydrogen-bond acceptors (Lipinski definition) is 5. The molecule has 0 saturated heterocycles. The number of carbonyl (C=O) groups is 1. The lowest BCUT2D eigenvalue weighted by Crippen LogP contribution is -2.12. The summed E-state index contributed by atoms with van der Waals surface area (Å²) in [5.74, 6) is 0.0745. The molecular formula is C19H16N2O4S. The molecule has 132 valence electrons. The van der Waals surface area contributed by atoms with Crippen LogP contribution in [0.25, 0.3) is 10.8 Å². The van der Waals surface area contributed by atoms with Gasteiger partial charge in [-0.1, -0.05) is 24.3 Å². The maximum atomic E-state index is 11.7. The number of ether oxygens (including phenoxy) is 1. The Morgan fingerprint density at radius 1 is 1.00 bits per heavy atom. The number of primary sulfonamides is 1. The van der Waals surface area contributed by atoms with E-state index < -0.39 is 10.0 Å². The Bertz CT molecular complexity index is 1100. The summed E-state index contributed by atoms with van der Waals surface area (Å²) in [7, 11) is -3.82. The van der Waals surface area contributed by atoms with E-state index in [1.807, 2.05) is 0 Å². The highest BCUT2D eigenvalue weighted by molar-refractivity contribution is 7.89. The van der Waals surface area contributed by atoms with Crippen LogP contribution in [0.15, 0.2) is 70.6 Å². The van der Waals surface area contributed by atoms with Crippen molar-refractivity contribution < 1.29 is 17.9 Å². The van der Waals surface area contributed by atoms with Crippen molar-refractivity contribution in [3.63, 3.8) is 0 Å². The smallest absolute Gasteiger partial charge is 0.308 e. The van der Waals surface area contributed by atoms with Crippen LogP contribution in [-0.2, 0) is 14.8 Å². The van der Waals surface area contributed by atoms with Crippen LogP contribution >= 0.6 is 0 Å². The molecule has 26 heavy (non-hydrogen) atoms. The van der Waals surface area contributed by atoms with Gasteiger partial charge in [-0.2, -0.15) is 0 Å². The lowest BCUT2D eigenvalue weighted by atomic mass is 10.1. The van der Waals surface area contributed by atoms with Crippen molar-refractivity contribution in [2.45, 2.75) is 11.8 Å². The first-order valence-corrected chi connectivity index (χ1v) is 9.26. The summed E-state index contributed by atoms with van der Waals surface area (Å²) >= 11 is 0. The van der Waals surface area contributed by atoms with Crippen LogP contribution in [0.2, 0.25) is 0 Å². The Balaban J connectivity index is 1.96. The van der Waals surface area contributed by atoms with Crippen LogP contribution in [0.3, 0.4) is 0 Å². The van der Waals surface area contributed by atoms with Crippen molar-refractivity contribution in [2.75, 3.05) is 0 Å². The second-order valence-electron chi connectivity index (χ2n) is 5.59. The summed E-state index contributed by atoms with van der Waals surface area (Å²) in [6.45, 7) is 1.34. The van der Waals surface area contributed by atoms with Crippen LogP contribution < -0.4 is 9.88 Å². The van der Waals surface area contributed by atoms with Gasteiger partial charge in [-0.05, 0) is 42.0 Å². The third kappa shape index (κ3) is 3.96. The summed E-state index contributed by atoms with van der Waals surface area (Å²) in [6.07, 6.45) is 1.65. The Kier molecular flexibility index (Phi) is 4.83. The van der Waals surface area contributed by atoms with Gasteiger partial charge in [0.25, 0.3) is 0 Å². The standard InChI is InChI=1S/C19H16N2O4S/c1-13(22)25-15-10-8-14(9-11-15)12-21-18-6-2-5-17-16(18)4-3-7-19(17)26(20,23)24/h2-12H,1H3,(H2,20,23,24). The minimum absolute atomic E-state index is 0.0674. The Morgan fingerprint density at radius 3 is 2.31 bits per heavy atom. The van der Waals surface area contributed by atoms with Crippen molar-refractivity contribution in [1.82, 2.24) is 0 Å². The quantitative estimate of drug-likeness (QED) is 0.434. The fourth-order valence-electron chi connectivity index (χ4n) is 2.56. The molecule has 0 aliphatic rings. The molecule has 0 heterocycles. The van der Waals surface area contributed by atoms with E-state index in [4.69, 9.17) is 9.88 Å². The minimum Gasteiger partial charge on any atom is -0.427 e. The van der Waals surface area contributed by atoms with Gasteiger partial charge in [-0.15, -0.1) is 0 Å². The summed E-state index contributed by atoms with van der Waals surface area (Å²) in [4.78, 5) is 15.4. The van der Waals surface area contributed by atoms with Crippen molar-refractivity contribution >= 4 is 38.7 Å². The van der Waals surface area contributed by atoms with Crippen LogP contribution in [-0.4, -0.2) is 20.6 Å². The molecule has 0 aliphatic heterocycles. The Labute approximate surface area is 151 Å². The molecule has 3 rings (SSSR count). The molecule has 0 aromatic heterocycles. The molecule has 0 atom stereocenters. The lowest BCUT2D eigenvalue weighted by Gasteiger charge is -2.06. The van der Waals surface area contributed by atoms with Crippen LogP contribution in [0.5, 0.6) is 5.75 Å². The van der Waals surface area contributed by atoms with E-state index in [0.29, 0.717) is 22.2 Å². The van der Waals surface area contributed by atoms with E-state index >= 15 is 0 Å². The zero-order valence-corrected chi connectivity index (χ0v) is 14.7. The number of sulfonamides is 1. The fourth-order valence-corrected chi connectivity index (χ4v) is 3.31. The van der Waals surface area contributed by atoms with Gasteiger partial charge in [0, 0.05) is 23.9 Å². The zero-order valence-electron chi connectivity index (χ0n) is 13.9. The van der Waals surface area contributed by atoms with Crippen LogP contribution in [0, 0.1) is 0 Å². The van der Waals surface area contributed by atoms with Crippen LogP contribution in [0.4, 0.5) is 5.69 Å². The number of hydrogen-bond donors (Lipinski definition) is 1. The largest absolute Gasteiger partial charge is 0.427 e. The van der Waals surface area contributed by atoms with Gasteiger partial charge in [0.2, 0.25) is 10.0 Å². The van der Waals surface area contributed by atoms with Gasteiger partial charge >= 0.3 is 5.97 Å². The number of carbonyl (C=O) groups excluding carboxylic acids is 1. The number of esters is 1. The van der Waals surface area contributed by atoms with E-state index in [9.17, 15) is 13.2 Å². The van der Waals surface area contributed by atoms with Crippen molar-refractivity contribution in [2.24, 2.45) is 10.1 Å². The van der Waals surface area contributed by atoms with E-state index in [1.165, 1.54) is 13.0 Å².